The summed E-state index contributed by atoms with van der Waals surface area (Å²) in [5.41, 5.74) is 1.80. The van der Waals surface area contributed by atoms with E-state index in [1.54, 1.807) is 24.3 Å². The Bertz CT molecular complexity index is 887. The Balaban J connectivity index is 2.12. The van der Waals surface area contributed by atoms with E-state index in [0.29, 0.717) is 16.5 Å². The zero-order valence-electron chi connectivity index (χ0n) is 12.2. The van der Waals surface area contributed by atoms with E-state index in [-0.39, 0.29) is 11.5 Å². The molecule has 2 aromatic carbocycles. The van der Waals surface area contributed by atoms with Crippen LogP contribution in [-0.4, -0.2) is 5.11 Å². The summed E-state index contributed by atoms with van der Waals surface area (Å²) in [5, 5.41) is 10.5. The first-order valence-electron chi connectivity index (χ1n) is 7.22. The first-order valence-corrected chi connectivity index (χ1v) is 7.22. The van der Waals surface area contributed by atoms with Gasteiger partial charge in [-0.25, -0.2) is 0 Å². The molecule has 0 aliphatic rings. The number of hydrogen-bond donors (Lipinski definition) is 1. The third-order valence-electron chi connectivity index (χ3n) is 3.49. The van der Waals surface area contributed by atoms with Crippen molar-refractivity contribution in [1.29, 1.82) is 0 Å². The summed E-state index contributed by atoms with van der Waals surface area (Å²) in [4.78, 5) is 12.2. The highest BCUT2D eigenvalue weighted by Gasteiger charge is 2.14. The maximum atomic E-state index is 12.2. The fourth-order valence-corrected chi connectivity index (χ4v) is 2.33. The van der Waals surface area contributed by atoms with Gasteiger partial charge in [0.05, 0.1) is 5.39 Å². The molecule has 0 fully saturated rings. The monoisotopic (exact) mass is 292 g/mol. The maximum Gasteiger partial charge on any atom is 0.235 e. The van der Waals surface area contributed by atoms with Gasteiger partial charge in [0, 0.05) is 5.56 Å². The quantitative estimate of drug-likeness (QED) is 0.768. The molecule has 0 saturated heterocycles. The van der Waals surface area contributed by atoms with E-state index in [9.17, 15) is 9.90 Å². The Kier molecular flexibility index (Phi) is 3.79. The van der Waals surface area contributed by atoms with Crippen LogP contribution in [0, 0.1) is 0 Å². The van der Waals surface area contributed by atoms with E-state index in [4.69, 9.17) is 4.42 Å². The van der Waals surface area contributed by atoms with Crippen molar-refractivity contribution in [1.82, 2.24) is 0 Å². The number of benzene rings is 2. The molecule has 0 radical (unpaired) electrons. The van der Waals surface area contributed by atoms with E-state index in [1.807, 2.05) is 30.3 Å². The van der Waals surface area contributed by atoms with Crippen LogP contribution < -0.4 is 5.43 Å². The van der Waals surface area contributed by atoms with Gasteiger partial charge < -0.3 is 9.52 Å². The van der Waals surface area contributed by atoms with Crippen LogP contribution in [0.15, 0.2) is 63.8 Å². The second-order valence-electron chi connectivity index (χ2n) is 5.04. The topological polar surface area (TPSA) is 50.4 Å². The minimum absolute atomic E-state index is 0.203. The van der Waals surface area contributed by atoms with Gasteiger partial charge in [-0.05, 0) is 24.1 Å². The molecule has 0 atom stereocenters. The van der Waals surface area contributed by atoms with Crippen LogP contribution in [0.25, 0.3) is 28.4 Å². The van der Waals surface area contributed by atoms with Crippen LogP contribution in [0.5, 0.6) is 5.75 Å². The van der Waals surface area contributed by atoms with Crippen molar-refractivity contribution in [3.63, 3.8) is 0 Å². The molecule has 3 aromatic rings. The van der Waals surface area contributed by atoms with Crippen molar-refractivity contribution in [2.24, 2.45) is 0 Å². The lowest BCUT2D eigenvalue weighted by Crippen LogP contribution is -2.02. The lowest BCUT2D eigenvalue weighted by molar-refractivity contribution is 0.449. The minimum Gasteiger partial charge on any atom is -0.502 e. The first kappa shape index (κ1) is 14.1. The Morgan fingerprint density at radius 2 is 1.82 bits per heavy atom. The smallest absolute Gasteiger partial charge is 0.235 e. The summed E-state index contributed by atoms with van der Waals surface area (Å²) < 4.78 is 5.71. The lowest BCUT2D eigenvalue weighted by atomic mass is 10.1. The van der Waals surface area contributed by atoms with Crippen LogP contribution in [0.3, 0.4) is 0 Å². The van der Waals surface area contributed by atoms with Crippen molar-refractivity contribution in [3.8, 4) is 17.1 Å². The van der Waals surface area contributed by atoms with Crippen molar-refractivity contribution in [2.45, 2.75) is 13.3 Å². The van der Waals surface area contributed by atoms with Crippen molar-refractivity contribution < 1.29 is 9.52 Å². The van der Waals surface area contributed by atoms with Crippen LogP contribution in [0.1, 0.15) is 18.9 Å². The molecule has 1 heterocycles. The van der Waals surface area contributed by atoms with Gasteiger partial charge in [0.25, 0.3) is 0 Å². The molecule has 0 amide bonds. The highest BCUT2D eigenvalue weighted by atomic mass is 16.4. The normalized spacial score (nSPS) is 11.3. The van der Waals surface area contributed by atoms with Gasteiger partial charge in [-0.3, -0.25) is 4.79 Å². The Labute approximate surface area is 128 Å². The molecule has 3 rings (SSSR count). The Morgan fingerprint density at radius 1 is 1.09 bits per heavy atom. The summed E-state index contributed by atoms with van der Waals surface area (Å²) >= 11 is 0. The van der Waals surface area contributed by atoms with Gasteiger partial charge in [0.1, 0.15) is 5.58 Å². The van der Waals surface area contributed by atoms with E-state index in [1.165, 1.54) is 0 Å². The highest BCUT2D eigenvalue weighted by Crippen LogP contribution is 2.30. The van der Waals surface area contributed by atoms with E-state index >= 15 is 0 Å². The fourth-order valence-electron chi connectivity index (χ4n) is 2.33. The van der Waals surface area contributed by atoms with Crippen molar-refractivity contribution in [3.05, 3.63) is 70.4 Å². The number of para-hydroxylation sites is 1. The van der Waals surface area contributed by atoms with Crippen molar-refractivity contribution in [2.75, 3.05) is 0 Å². The average molecular weight is 292 g/mol. The van der Waals surface area contributed by atoms with Crippen LogP contribution in [-0.2, 0) is 0 Å². The SMILES string of the molecule is CC/C=C\c1ccc(-c2oc3ccccc3c(=O)c2O)cc1. The standard InChI is InChI=1S/C19H16O3/c1-2-3-6-13-9-11-14(12-10-13)19-18(21)17(20)15-7-4-5-8-16(15)22-19/h3-12,21H,2H2,1H3/b6-3-. The molecule has 110 valence electrons. The van der Waals surface area contributed by atoms with Crippen molar-refractivity contribution >= 4 is 17.0 Å². The van der Waals surface area contributed by atoms with Gasteiger partial charge in [-0.1, -0.05) is 55.5 Å². The summed E-state index contributed by atoms with van der Waals surface area (Å²) in [5.74, 6) is -0.148. The predicted octanol–water partition coefficient (Wildman–Crippen LogP) is 4.59. The van der Waals surface area contributed by atoms with E-state index in [2.05, 4.69) is 13.0 Å². The van der Waals surface area contributed by atoms with E-state index < -0.39 is 5.43 Å². The van der Waals surface area contributed by atoms with Gasteiger partial charge in [-0.15, -0.1) is 0 Å². The zero-order valence-corrected chi connectivity index (χ0v) is 12.2. The maximum absolute atomic E-state index is 12.2. The number of hydrogen-bond acceptors (Lipinski definition) is 3. The fraction of sp³-hybridized carbons (Fsp3) is 0.105. The molecule has 0 aliphatic heterocycles. The number of allylic oxidation sites excluding steroid dienone is 1. The third-order valence-corrected chi connectivity index (χ3v) is 3.49. The number of aromatic hydroxyl groups is 1. The molecule has 3 heteroatoms. The molecular formula is C19H16O3. The number of fused-ring (bicyclic) bond motifs is 1. The molecule has 0 spiro atoms. The second kappa shape index (κ2) is 5.90. The molecule has 1 aromatic heterocycles. The largest absolute Gasteiger partial charge is 0.502 e. The second-order valence-corrected chi connectivity index (χ2v) is 5.04. The predicted molar refractivity (Wildman–Crippen MR) is 88.9 cm³/mol. The van der Waals surface area contributed by atoms with Gasteiger partial charge >= 0.3 is 0 Å². The minimum atomic E-state index is -0.410. The van der Waals surface area contributed by atoms with Crippen LogP contribution in [0.2, 0.25) is 0 Å². The molecule has 0 bridgehead atoms. The average Bonchev–Trinajstić information content (AvgIpc) is 2.57. The highest BCUT2D eigenvalue weighted by molar-refractivity contribution is 5.81. The molecule has 1 N–H and O–H groups in total. The Hall–Kier alpha value is -2.81. The summed E-state index contributed by atoms with van der Waals surface area (Å²) in [6.45, 7) is 2.08. The first-order chi connectivity index (χ1) is 10.7. The van der Waals surface area contributed by atoms with Crippen LogP contribution in [0.4, 0.5) is 0 Å². The number of rotatable bonds is 3. The van der Waals surface area contributed by atoms with Gasteiger partial charge in [-0.2, -0.15) is 0 Å². The van der Waals surface area contributed by atoms with Crippen LogP contribution >= 0.6 is 0 Å². The van der Waals surface area contributed by atoms with Gasteiger partial charge in [0.2, 0.25) is 11.2 Å². The van der Waals surface area contributed by atoms with Gasteiger partial charge in [0.15, 0.2) is 5.76 Å². The molecule has 0 unspecified atom stereocenters. The molecule has 22 heavy (non-hydrogen) atoms. The molecular weight excluding hydrogens is 276 g/mol. The molecule has 0 aliphatic carbocycles. The lowest BCUT2D eigenvalue weighted by Gasteiger charge is -2.06. The summed E-state index contributed by atoms with van der Waals surface area (Å²) in [7, 11) is 0. The zero-order chi connectivity index (χ0) is 15.5. The Morgan fingerprint density at radius 3 is 2.55 bits per heavy atom. The van der Waals surface area contributed by atoms with E-state index in [0.717, 1.165) is 12.0 Å². The summed E-state index contributed by atoms with van der Waals surface area (Å²) in [6.07, 6.45) is 5.07. The molecule has 0 saturated carbocycles. The third kappa shape index (κ3) is 2.53. The molecule has 3 nitrogen and oxygen atoms in total. The summed E-state index contributed by atoms with van der Waals surface area (Å²) in [6, 6.07) is 14.4.